The molecule has 5 heterocycles. The Morgan fingerprint density at radius 3 is 2.45 bits per heavy atom. The van der Waals surface area contributed by atoms with Crippen molar-refractivity contribution < 1.29 is 9.84 Å². The maximum absolute atomic E-state index is 11.3. The van der Waals surface area contributed by atoms with E-state index in [0.29, 0.717) is 11.6 Å². The Morgan fingerprint density at radius 2 is 1.79 bits per heavy atom. The van der Waals surface area contributed by atoms with Gasteiger partial charge in [0.15, 0.2) is 0 Å². The number of aliphatic hydroxyl groups is 1. The number of rotatable bonds is 5. The maximum atomic E-state index is 11.3. The highest BCUT2D eigenvalue weighted by Crippen LogP contribution is 2.44. The van der Waals surface area contributed by atoms with E-state index < -0.39 is 5.60 Å². The molecule has 4 aromatic heterocycles. The molecule has 9 nitrogen and oxygen atoms in total. The van der Waals surface area contributed by atoms with E-state index in [1.807, 2.05) is 31.9 Å². The van der Waals surface area contributed by atoms with Gasteiger partial charge in [-0.15, -0.1) is 5.10 Å². The SMILES string of the molecule is Cc1ccccc1C(C1CCOCC1)n1c2cc(-c3c(C)nnn3C)cnc2c2c1c(C(C)(C)O)nn2C. The summed E-state index contributed by atoms with van der Waals surface area (Å²) < 4.78 is 11.9. The van der Waals surface area contributed by atoms with Crippen molar-refractivity contribution >= 4 is 22.1 Å². The topological polar surface area (TPSA) is 95.8 Å². The van der Waals surface area contributed by atoms with E-state index in [2.05, 4.69) is 52.1 Å². The van der Waals surface area contributed by atoms with Crippen LogP contribution in [0.15, 0.2) is 36.5 Å². The molecule has 1 aromatic carbocycles. The number of hydrogen-bond acceptors (Lipinski definition) is 6. The van der Waals surface area contributed by atoms with E-state index >= 15 is 0 Å². The Bertz CT molecular complexity index is 1630. The zero-order valence-corrected chi connectivity index (χ0v) is 22.9. The minimum atomic E-state index is -1.14. The summed E-state index contributed by atoms with van der Waals surface area (Å²) in [4.78, 5) is 5.01. The zero-order chi connectivity index (χ0) is 26.8. The minimum Gasteiger partial charge on any atom is -0.384 e. The van der Waals surface area contributed by atoms with E-state index in [0.717, 1.165) is 65.1 Å². The molecule has 5 aromatic rings. The van der Waals surface area contributed by atoms with Crippen molar-refractivity contribution in [2.24, 2.45) is 20.0 Å². The molecule has 1 atom stereocenters. The number of fused-ring (bicyclic) bond motifs is 3. The van der Waals surface area contributed by atoms with Crippen LogP contribution in [0.4, 0.5) is 0 Å². The summed E-state index contributed by atoms with van der Waals surface area (Å²) in [6, 6.07) is 10.8. The lowest BCUT2D eigenvalue weighted by molar-refractivity contribution is 0.0547. The summed E-state index contributed by atoms with van der Waals surface area (Å²) in [6.07, 6.45) is 3.80. The van der Waals surface area contributed by atoms with Crippen molar-refractivity contribution in [3.05, 3.63) is 59.0 Å². The number of benzene rings is 1. The van der Waals surface area contributed by atoms with Crippen LogP contribution >= 0.6 is 0 Å². The first kappa shape index (κ1) is 24.8. The average molecular weight is 514 g/mol. The third-order valence-corrected chi connectivity index (χ3v) is 7.96. The van der Waals surface area contributed by atoms with Gasteiger partial charge in [-0.1, -0.05) is 29.5 Å². The molecule has 1 aliphatic rings. The van der Waals surface area contributed by atoms with Gasteiger partial charge in [-0.3, -0.25) is 9.67 Å². The lowest BCUT2D eigenvalue weighted by atomic mass is 9.84. The summed E-state index contributed by atoms with van der Waals surface area (Å²) in [7, 11) is 3.84. The Morgan fingerprint density at radius 1 is 1.05 bits per heavy atom. The monoisotopic (exact) mass is 513 g/mol. The van der Waals surface area contributed by atoms with Gasteiger partial charge in [0.2, 0.25) is 0 Å². The average Bonchev–Trinajstić information content (AvgIpc) is 3.52. The van der Waals surface area contributed by atoms with Crippen LogP contribution in [0.1, 0.15) is 55.2 Å². The minimum absolute atomic E-state index is 0.0215. The van der Waals surface area contributed by atoms with Gasteiger partial charge in [0, 0.05) is 39.1 Å². The standard InChI is InChI=1S/C29H35N7O2/c1-17-9-7-8-10-21(17)25(19-11-13-38-14-12-19)36-22-15-20(24-18(2)31-33-35(24)6)16-30-23(22)26-27(36)28(29(3,4)37)32-34(26)5/h7-10,15-16,19,25,37H,11-14H2,1-6H3. The molecule has 198 valence electrons. The van der Waals surface area contributed by atoms with Crippen LogP contribution in [0.3, 0.4) is 0 Å². The molecule has 1 saturated heterocycles. The summed E-state index contributed by atoms with van der Waals surface area (Å²) in [5, 5.41) is 24.6. The molecule has 0 spiro atoms. The van der Waals surface area contributed by atoms with Crippen LogP contribution in [-0.4, -0.2) is 52.6 Å². The van der Waals surface area contributed by atoms with Gasteiger partial charge >= 0.3 is 0 Å². The van der Waals surface area contributed by atoms with Gasteiger partial charge in [-0.05, 0) is 63.6 Å². The van der Waals surface area contributed by atoms with E-state index in [-0.39, 0.29) is 6.04 Å². The first-order valence-electron chi connectivity index (χ1n) is 13.3. The van der Waals surface area contributed by atoms with Crippen molar-refractivity contribution in [3.8, 4) is 11.3 Å². The van der Waals surface area contributed by atoms with Gasteiger partial charge in [0.05, 0.1) is 28.5 Å². The molecule has 6 rings (SSSR count). The second kappa shape index (κ2) is 9.03. The molecule has 0 bridgehead atoms. The fourth-order valence-corrected chi connectivity index (χ4v) is 6.19. The summed E-state index contributed by atoms with van der Waals surface area (Å²) in [6.45, 7) is 9.24. The third kappa shape index (κ3) is 3.84. The highest BCUT2D eigenvalue weighted by molar-refractivity contribution is 6.06. The second-order valence-corrected chi connectivity index (χ2v) is 11.1. The smallest absolute Gasteiger partial charge is 0.118 e. The largest absolute Gasteiger partial charge is 0.384 e. The first-order valence-corrected chi connectivity index (χ1v) is 13.3. The van der Waals surface area contributed by atoms with Crippen LogP contribution < -0.4 is 0 Å². The van der Waals surface area contributed by atoms with Crippen molar-refractivity contribution in [2.45, 2.75) is 52.2 Å². The Labute approximate surface area is 222 Å². The van der Waals surface area contributed by atoms with E-state index in [1.165, 1.54) is 11.1 Å². The number of hydrogen-bond donors (Lipinski definition) is 1. The van der Waals surface area contributed by atoms with Crippen LogP contribution in [0.25, 0.3) is 33.3 Å². The molecule has 38 heavy (non-hydrogen) atoms. The highest BCUT2D eigenvalue weighted by Gasteiger charge is 2.36. The second-order valence-electron chi connectivity index (χ2n) is 11.1. The highest BCUT2D eigenvalue weighted by atomic mass is 16.5. The van der Waals surface area contributed by atoms with Crippen LogP contribution in [-0.2, 0) is 24.4 Å². The molecular formula is C29H35N7O2. The van der Waals surface area contributed by atoms with E-state index in [9.17, 15) is 5.11 Å². The maximum Gasteiger partial charge on any atom is 0.118 e. The van der Waals surface area contributed by atoms with Crippen LogP contribution in [0, 0.1) is 19.8 Å². The summed E-state index contributed by atoms with van der Waals surface area (Å²) >= 11 is 0. The number of aryl methyl sites for hydroxylation is 4. The Kier molecular flexibility index (Phi) is 5.88. The lowest BCUT2D eigenvalue weighted by Gasteiger charge is -2.34. The Balaban J connectivity index is 1.75. The number of pyridine rings is 1. The number of nitrogens with zero attached hydrogens (tertiary/aromatic N) is 7. The van der Waals surface area contributed by atoms with E-state index in [1.54, 1.807) is 18.5 Å². The number of ether oxygens (including phenoxy) is 1. The molecule has 1 N–H and O–H groups in total. The van der Waals surface area contributed by atoms with Crippen molar-refractivity contribution in [2.75, 3.05) is 13.2 Å². The Hall–Kier alpha value is -3.56. The molecule has 9 heteroatoms. The van der Waals surface area contributed by atoms with Gasteiger partial charge in [-0.25, -0.2) is 4.68 Å². The van der Waals surface area contributed by atoms with Crippen molar-refractivity contribution in [3.63, 3.8) is 0 Å². The first-order chi connectivity index (χ1) is 18.2. The molecule has 1 aliphatic heterocycles. The third-order valence-electron chi connectivity index (χ3n) is 7.96. The van der Waals surface area contributed by atoms with Gasteiger partial charge in [-0.2, -0.15) is 5.10 Å². The van der Waals surface area contributed by atoms with E-state index in [4.69, 9.17) is 14.8 Å². The number of aromatic nitrogens is 7. The predicted molar refractivity (Wildman–Crippen MR) is 147 cm³/mol. The molecule has 0 amide bonds. The predicted octanol–water partition coefficient (Wildman–Crippen LogP) is 4.58. The molecule has 0 radical (unpaired) electrons. The fourth-order valence-electron chi connectivity index (χ4n) is 6.19. The lowest BCUT2D eigenvalue weighted by Crippen LogP contribution is -2.28. The quantitative estimate of drug-likeness (QED) is 0.370. The summed E-state index contributed by atoms with van der Waals surface area (Å²) in [5.41, 5.74) is 8.51. The normalized spacial score (nSPS) is 16.1. The van der Waals surface area contributed by atoms with Crippen LogP contribution in [0.2, 0.25) is 0 Å². The van der Waals surface area contributed by atoms with Gasteiger partial charge in [0.1, 0.15) is 22.3 Å². The molecule has 1 fully saturated rings. The van der Waals surface area contributed by atoms with Gasteiger partial charge in [0.25, 0.3) is 0 Å². The van der Waals surface area contributed by atoms with Crippen molar-refractivity contribution in [1.82, 2.24) is 34.3 Å². The van der Waals surface area contributed by atoms with Crippen molar-refractivity contribution in [1.29, 1.82) is 0 Å². The fraction of sp³-hybridized carbons (Fsp3) is 0.448. The molecule has 1 unspecified atom stereocenters. The van der Waals surface area contributed by atoms with Gasteiger partial charge < -0.3 is 14.4 Å². The molecule has 0 aliphatic carbocycles. The zero-order valence-electron chi connectivity index (χ0n) is 22.9. The molecule has 0 saturated carbocycles. The van der Waals surface area contributed by atoms with Crippen LogP contribution in [0.5, 0.6) is 0 Å². The molecular weight excluding hydrogens is 478 g/mol. The summed E-state index contributed by atoms with van der Waals surface area (Å²) in [5.74, 6) is 0.349.